The highest BCUT2D eigenvalue weighted by Gasteiger charge is 2.21. The number of halogens is 1. The molecule has 0 aromatic rings. The first-order valence-electron chi connectivity index (χ1n) is 5.60. The van der Waals surface area contributed by atoms with Gasteiger partial charge in [-0.15, -0.1) is 17.0 Å². The van der Waals surface area contributed by atoms with Gasteiger partial charge in [-0.05, 0) is 30.4 Å². The Kier molecular flexibility index (Phi) is 13.7. The molecular weight excluding hydrogens is 288 g/mol. The van der Waals surface area contributed by atoms with Crippen LogP contribution < -0.4 is 0 Å². The summed E-state index contributed by atoms with van der Waals surface area (Å²) >= 11 is 0. The first-order valence-corrected chi connectivity index (χ1v) is 7.23. The van der Waals surface area contributed by atoms with Gasteiger partial charge in [0.05, 0.1) is 9.52 Å². The van der Waals surface area contributed by atoms with E-state index in [9.17, 15) is 0 Å². The van der Waals surface area contributed by atoms with Crippen molar-refractivity contribution >= 4 is 37.5 Å². The predicted molar refractivity (Wildman–Crippen MR) is 79.5 cm³/mol. The third-order valence-corrected chi connectivity index (χ3v) is 5.05. The van der Waals surface area contributed by atoms with Gasteiger partial charge >= 0.3 is 0 Å². The molecule has 0 aromatic carbocycles. The van der Waals surface area contributed by atoms with Crippen LogP contribution in [-0.4, -0.2) is 39.6 Å². The molecule has 0 spiro atoms. The van der Waals surface area contributed by atoms with Crippen molar-refractivity contribution in [3.05, 3.63) is 0 Å². The van der Waals surface area contributed by atoms with E-state index in [1.54, 1.807) is 0 Å². The molecular formula is C10H27BrO2Si2. The summed E-state index contributed by atoms with van der Waals surface area (Å²) in [6, 6.07) is 0. The molecule has 1 aliphatic carbocycles. The highest BCUT2D eigenvalue weighted by molar-refractivity contribution is 8.93. The van der Waals surface area contributed by atoms with Crippen LogP contribution in [0.3, 0.4) is 0 Å². The smallest absolute Gasteiger partial charge is 0.135 e. The van der Waals surface area contributed by atoms with E-state index < -0.39 is 0 Å². The normalized spacial score (nSPS) is 17.0. The second kappa shape index (κ2) is 11.3. The molecule has 1 rings (SSSR count). The lowest BCUT2D eigenvalue weighted by molar-refractivity contribution is -0.0833. The lowest BCUT2D eigenvalue weighted by Gasteiger charge is -2.19. The summed E-state index contributed by atoms with van der Waals surface area (Å²) in [6.45, 7) is 5.69. The molecule has 1 saturated carbocycles. The van der Waals surface area contributed by atoms with Gasteiger partial charge in [0, 0.05) is 13.2 Å². The van der Waals surface area contributed by atoms with Crippen LogP contribution in [0.2, 0.25) is 5.54 Å². The Morgan fingerprint density at radius 1 is 1.13 bits per heavy atom. The Labute approximate surface area is 111 Å². The van der Waals surface area contributed by atoms with E-state index >= 15 is 0 Å². The van der Waals surface area contributed by atoms with Crippen molar-refractivity contribution in [2.45, 2.75) is 51.0 Å². The SMILES string of the molecule is Br.CCOC(OCC)[SiH2]C1CCCC1.[SiH4]. The van der Waals surface area contributed by atoms with E-state index in [1.165, 1.54) is 25.7 Å². The van der Waals surface area contributed by atoms with Gasteiger partial charge in [0.25, 0.3) is 0 Å². The molecule has 0 atom stereocenters. The summed E-state index contributed by atoms with van der Waals surface area (Å²) in [4.78, 5) is 0. The lowest BCUT2D eigenvalue weighted by atomic mass is 10.4. The van der Waals surface area contributed by atoms with Crippen molar-refractivity contribution in [3.8, 4) is 0 Å². The van der Waals surface area contributed by atoms with Crippen molar-refractivity contribution in [1.29, 1.82) is 0 Å². The third kappa shape index (κ3) is 7.68. The number of rotatable bonds is 6. The zero-order chi connectivity index (χ0) is 9.52. The van der Waals surface area contributed by atoms with Gasteiger partial charge < -0.3 is 9.47 Å². The molecule has 0 radical (unpaired) electrons. The van der Waals surface area contributed by atoms with Gasteiger partial charge in [0.2, 0.25) is 0 Å². The van der Waals surface area contributed by atoms with Crippen molar-refractivity contribution in [1.82, 2.24) is 0 Å². The average Bonchev–Trinajstić information content (AvgIpc) is 2.58. The van der Waals surface area contributed by atoms with Gasteiger partial charge in [0.15, 0.2) is 0 Å². The standard InChI is InChI=1S/C10H22O2Si.BrH.H4Si/c1-3-11-10(12-4-2)13-9-7-5-6-8-9;;/h9-10H,3-8,13H2,1-2H3;1H;1H4. The number of hydrogen-bond acceptors (Lipinski definition) is 2. The Morgan fingerprint density at radius 3 is 2.00 bits per heavy atom. The molecule has 0 N–H and O–H groups in total. The van der Waals surface area contributed by atoms with Gasteiger partial charge in [-0.25, -0.2) is 0 Å². The molecule has 0 unspecified atom stereocenters. The van der Waals surface area contributed by atoms with E-state index in [-0.39, 0.29) is 43.4 Å². The van der Waals surface area contributed by atoms with E-state index in [2.05, 4.69) is 13.8 Å². The second-order valence-electron chi connectivity index (χ2n) is 3.73. The Bertz CT molecular complexity index is 127. The van der Waals surface area contributed by atoms with Gasteiger partial charge in [0.1, 0.15) is 5.91 Å². The van der Waals surface area contributed by atoms with Crippen LogP contribution in [-0.2, 0) is 9.47 Å². The highest BCUT2D eigenvalue weighted by Crippen LogP contribution is 2.30. The summed E-state index contributed by atoms with van der Waals surface area (Å²) in [5.41, 5.74) is 0.989. The van der Waals surface area contributed by atoms with Crippen LogP contribution in [0.25, 0.3) is 0 Å². The minimum absolute atomic E-state index is 0. The largest absolute Gasteiger partial charge is 0.357 e. The fourth-order valence-electron chi connectivity index (χ4n) is 2.07. The maximum atomic E-state index is 5.58. The zero-order valence-electron chi connectivity index (χ0n) is 9.33. The van der Waals surface area contributed by atoms with Gasteiger partial charge in [-0.3, -0.25) is 0 Å². The summed E-state index contributed by atoms with van der Waals surface area (Å²) < 4.78 is 11.2. The molecule has 94 valence electrons. The molecule has 5 heteroatoms. The van der Waals surface area contributed by atoms with E-state index in [1.807, 2.05) is 0 Å². The maximum absolute atomic E-state index is 5.58. The Morgan fingerprint density at radius 2 is 1.60 bits per heavy atom. The van der Waals surface area contributed by atoms with Crippen LogP contribution in [0.5, 0.6) is 0 Å². The number of hydrogen-bond donors (Lipinski definition) is 0. The molecule has 0 aliphatic heterocycles. The zero-order valence-corrected chi connectivity index (χ0v) is 12.5. The summed E-state index contributed by atoms with van der Waals surface area (Å²) in [6.07, 6.45) is 5.73. The topological polar surface area (TPSA) is 18.5 Å². The monoisotopic (exact) mass is 314 g/mol. The second-order valence-corrected chi connectivity index (χ2v) is 6.02. The third-order valence-electron chi connectivity index (χ3n) is 2.71. The Balaban J connectivity index is 0. The van der Waals surface area contributed by atoms with Gasteiger partial charge in [-0.1, -0.05) is 25.7 Å². The molecule has 0 bridgehead atoms. The van der Waals surface area contributed by atoms with Crippen LogP contribution in [0.4, 0.5) is 0 Å². The average molecular weight is 315 g/mol. The number of ether oxygens (including phenoxy) is 2. The molecule has 0 saturated heterocycles. The van der Waals surface area contributed by atoms with Crippen LogP contribution in [0.1, 0.15) is 39.5 Å². The van der Waals surface area contributed by atoms with E-state index in [0.29, 0.717) is 0 Å². The molecule has 0 amide bonds. The first kappa shape index (κ1) is 18.2. The van der Waals surface area contributed by atoms with Crippen molar-refractivity contribution in [2.75, 3.05) is 13.2 Å². The quantitative estimate of drug-likeness (QED) is 0.538. The fourth-order valence-corrected chi connectivity index (χ4v) is 4.41. The van der Waals surface area contributed by atoms with Crippen LogP contribution in [0, 0.1) is 0 Å². The van der Waals surface area contributed by atoms with Crippen LogP contribution in [0.15, 0.2) is 0 Å². The summed E-state index contributed by atoms with van der Waals surface area (Å²) in [5, 5.41) is 0. The molecule has 1 fully saturated rings. The Hall–Kier alpha value is 0.834. The fraction of sp³-hybridized carbons (Fsp3) is 1.00. The lowest BCUT2D eigenvalue weighted by Crippen LogP contribution is -2.27. The minimum atomic E-state index is -0.165. The van der Waals surface area contributed by atoms with Crippen LogP contribution >= 0.6 is 17.0 Å². The van der Waals surface area contributed by atoms with Crippen molar-refractivity contribution in [3.63, 3.8) is 0 Å². The van der Waals surface area contributed by atoms with Gasteiger partial charge in [-0.2, -0.15) is 0 Å². The van der Waals surface area contributed by atoms with E-state index in [4.69, 9.17) is 9.47 Å². The minimum Gasteiger partial charge on any atom is -0.357 e. The maximum Gasteiger partial charge on any atom is 0.135 e. The molecule has 0 heterocycles. The highest BCUT2D eigenvalue weighted by atomic mass is 79.9. The molecule has 1 aliphatic rings. The first-order chi connectivity index (χ1) is 6.36. The molecule has 2 nitrogen and oxygen atoms in total. The molecule has 15 heavy (non-hydrogen) atoms. The van der Waals surface area contributed by atoms with Crippen molar-refractivity contribution < 1.29 is 9.47 Å². The van der Waals surface area contributed by atoms with E-state index in [0.717, 1.165) is 18.8 Å². The molecule has 0 aromatic heterocycles. The summed E-state index contributed by atoms with van der Waals surface area (Å²) in [7, 11) is -0.165. The van der Waals surface area contributed by atoms with Crippen molar-refractivity contribution in [2.24, 2.45) is 0 Å². The summed E-state index contributed by atoms with van der Waals surface area (Å²) in [5.74, 6) is 0.193. The predicted octanol–water partition coefficient (Wildman–Crippen LogP) is 1.00.